The summed E-state index contributed by atoms with van der Waals surface area (Å²) >= 11 is 0. The van der Waals surface area contributed by atoms with Crippen LogP contribution in [0.4, 0.5) is 0 Å². The van der Waals surface area contributed by atoms with Gasteiger partial charge in [0.2, 0.25) is 0 Å². The summed E-state index contributed by atoms with van der Waals surface area (Å²) < 4.78 is 0. The van der Waals surface area contributed by atoms with Crippen molar-refractivity contribution in [2.45, 2.75) is 74.7 Å². The van der Waals surface area contributed by atoms with Crippen LogP contribution in [-0.2, 0) is 10.9 Å². The molecular formula is C24H63OPS2+2. The van der Waals surface area contributed by atoms with E-state index in [0.29, 0.717) is 22.9 Å². The van der Waals surface area contributed by atoms with Gasteiger partial charge < -0.3 is 5.11 Å². The van der Waals surface area contributed by atoms with Crippen molar-refractivity contribution in [2.24, 2.45) is 5.41 Å². The number of hydrogen-bond acceptors (Lipinski definition) is 1. The quantitative estimate of drug-likeness (QED) is 0.303. The van der Waals surface area contributed by atoms with Gasteiger partial charge in [-0.2, -0.15) is 0 Å². The fourth-order valence-electron chi connectivity index (χ4n) is 2.07. The first-order valence-electron chi connectivity index (χ1n) is 10.6. The first-order chi connectivity index (χ1) is 12.0. The highest BCUT2D eigenvalue weighted by molar-refractivity contribution is 8.32. The Morgan fingerprint density at radius 2 is 1.29 bits per heavy atom. The number of hydrogen-bond donors (Lipinski definition) is 1. The molecule has 0 aromatic heterocycles. The third-order valence-corrected chi connectivity index (χ3v) is 7.60. The molecule has 0 atom stereocenters. The van der Waals surface area contributed by atoms with Gasteiger partial charge >= 0.3 is 0 Å². The second kappa shape index (κ2) is 22.8. The first kappa shape index (κ1) is 39.6. The van der Waals surface area contributed by atoms with E-state index in [4.69, 9.17) is 5.11 Å². The average molecular weight is 463 g/mol. The van der Waals surface area contributed by atoms with Gasteiger partial charge in [0.15, 0.2) is 0 Å². The van der Waals surface area contributed by atoms with Gasteiger partial charge in [-0.05, 0) is 60.1 Å². The normalized spacial score (nSPS) is 11.7. The number of aliphatic hydroxyl groups excluding tert-OH is 1. The van der Waals surface area contributed by atoms with Crippen LogP contribution in [0.1, 0.15) is 74.7 Å². The maximum atomic E-state index is 8.43. The van der Waals surface area contributed by atoms with E-state index in [1.54, 1.807) is 0 Å². The summed E-state index contributed by atoms with van der Waals surface area (Å²) in [7, 11) is -0.155. The molecule has 0 rings (SSSR count). The molecule has 0 aromatic carbocycles. The Bertz CT molecular complexity index is 236. The van der Waals surface area contributed by atoms with Crippen LogP contribution in [0.2, 0.25) is 0 Å². The monoisotopic (exact) mass is 462 g/mol. The molecule has 0 aliphatic carbocycles. The van der Waals surface area contributed by atoms with E-state index in [9.17, 15) is 0 Å². The Morgan fingerprint density at radius 3 is 1.29 bits per heavy atom. The zero-order valence-electron chi connectivity index (χ0n) is 21.9. The summed E-state index contributed by atoms with van der Waals surface area (Å²) in [6, 6.07) is 0. The smallest absolute Gasteiger partial charge is 0.107 e. The van der Waals surface area contributed by atoms with Crippen molar-refractivity contribution in [1.29, 1.82) is 0 Å². The van der Waals surface area contributed by atoms with Crippen LogP contribution in [0.25, 0.3) is 0 Å². The van der Waals surface area contributed by atoms with Crippen molar-refractivity contribution in [2.75, 3.05) is 75.5 Å². The van der Waals surface area contributed by atoms with Gasteiger partial charge in [-0.3, -0.25) is 0 Å². The molecule has 0 spiro atoms. The summed E-state index contributed by atoms with van der Waals surface area (Å²) in [5.74, 6) is 2.83. The third-order valence-electron chi connectivity index (χ3n) is 3.20. The van der Waals surface area contributed by atoms with Gasteiger partial charge in [-0.25, -0.2) is 10.0 Å². The summed E-state index contributed by atoms with van der Waals surface area (Å²) in [4.78, 5) is 0. The zero-order valence-corrected chi connectivity index (χ0v) is 24.4. The van der Waals surface area contributed by atoms with Gasteiger partial charge in [0.25, 0.3) is 0 Å². The third kappa shape index (κ3) is 71.2. The molecule has 0 amide bonds. The largest absolute Gasteiger partial charge is 0.393 e. The fraction of sp³-hybridized carbons (Fsp3) is 1.00. The van der Waals surface area contributed by atoms with Crippen molar-refractivity contribution in [3.63, 3.8) is 0 Å². The fourth-order valence-corrected chi connectivity index (χ4v) is 4.71. The minimum atomic E-state index is -0.666. The van der Waals surface area contributed by atoms with Crippen molar-refractivity contribution in [1.82, 2.24) is 0 Å². The molecule has 1 nitrogen and oxygen atoms in total. The molecule has 180 valence electrons. The lowest BCUT2D eigenvalue weighted by molar-refractivity contribution is 0.321. The lowest BCUT2D eigenvalue weighted by atomic mass is 9.91. The minimum absolute atomic E-state index is 0. The van der Waals surface area contributed by atoms with Crippen LogP contribution in [0, 0.1) is 5.41 Å². The topological polar surface area (TPSA) is 20.2 Å². The molecule has 1 N–H and O–H groups in total. The Hall–Kier alpha value is 1.09. The molecule has 0 saturated carbocycles. The zero-order chi connectivity index (χ0) is 22.7. The SMILES string of the molecule is C.CCCC(C)(C)C.CCCS(C)(C)C.CCC[S+](C)C.C[P+](C)(C)CCO. The van der Waals surface area contributed by atoms with Gasteiger partial charge in [-0.15, -0.1) is 0 Å². The van der Waals surface area contributed by atoms with Crippen LogP contribution in [0.15, 0.2) is 0 Å². The summed E-state index contributed by atoms with van der Waals surface area (Å²) in [6.45, 7) is 20.6. The van der Waals surface area contributed by atoms with E-state index in [1.807, 2.05) is 0 Å². The molecular weight excluding hydrogens is 399 g/mol. The van der Waals surface area contributed by atoms with Crippen LogP contribution in [-0.4, -0.2) is 80.7 Å². The van der Waals surface area contributed by atoms with Gasteiger partial charge in [-0.1, -0.05) is 55.4 Å². The van der Waals surface area contributed by atoms with E-state index in [0.717, 1.165) is 6.16 Å². The summed E-state index contributed by atoms with van der Waals surface area (Å²) in [6.07, 6.45) is 18.0. The van der Waals surface area contributed by atoms with Gasteiger partial charge in [0, 0.05) is 27.3 Å². The first-order valence-corrected chi connectivity index (χ1v) is 19.1. The molecule has 0 fully saturated rings. The Balaban J connectivity index is -0.0000000831. The number of aliphatic hydroxyl groups is 1. The van der Waals surface area contributed by atoms with Gasteiger partial charge in [0.1, 0.15) is 5.75 Å². The van der Waals surface area contributed by atoms with E-state index >= 15 is 0 Å². The molecule has 28 heavy (non-hydrogen) atoms. The predicted molar refractivity (Wildman–Crippen MR) is 153 cm³/mol. The van der Waals surface area contributed by atoms with E-state index in [1.165, 1.54) is 37.2 Å². The minimum Gasteiger partial charge on any atom is -0.393 e. The maximum absolute atomic E-state index is 8.43. The molecule has 0 aromatic rings. The second-order valence-electron chi connectivity index (χ2n) is 10.5. The van der Waals surface area contributed by atoms with Crippen LogP contribution < -0.4 is 0 Å². The molecule has 4 heteroatoms. The Morgan fingerprint density at radius 1 is 0.857 bits per heavy atom. The highest BCUT2D eigenvalue weighted by Crippen LogP contribution is 2.45. The van der Waals surface area contributed by atoms with Crippen molar-refractivity contribution < 1.29 is 5.11 Å². The van der Waals surface area contributed by atoms with Crippen LogP contribution in [0.3, 0.4) is 0 Å². The average Bonchev–Trinajstić information content (AvgIpc) is 2.36. The van der Waals surface area contributed by atoms with E-state index in [-0.39, 0.29) is 17.5 Å². The lowest BCUT2D eigenvalue weighted by Gasteiger charge is -2.23. The standard InChI is InChI=1S/C7H16.C6H16S.C5H14OP.C5H13S.CH4/c2*1-5-6-7(2,3)4;1-7(2,3)5-4-6;1-4-5-6(2)3;/h2*5-6H2,1-4H3;6H,4-5H2,1-3H3;4-5H2,1-3H3;1H4/q;;2*+1;. The van der Waals surface area contributed by atoms with Crippen LogP contribution >= 0.6 is 17.3 Å². The van der Waals surface area contributed by atoms with Crippen LogP contribution in [0.5, 0.6) is 0 Å². The molecule has 0 bridgehead atoms. The maximum Gasteiger partial charge on any atom is 0.107 e. The molecule has 0 unspecified atom stereocenters. The molecule has 0 heterocycles. The highest BCUT2D eigenvalue weighted by atomic mass is 32.3. The van der Waals surface area contributed by atoms with Crippen molar-refractivity contribution in [3.8, 4) is 0 Å². The molecule has 0 radical (unpaired) electrons. The summed E-state index contributed by atoms with van der Waals surface area (Å²) in [5, 5.41) is 8.43. The molecule has 0 aliphatic heterocycles. The van der Waals surface area contributed by atoms with Crippen molar-refractivity contribution >= 4 is 28.2 Å². The molecule has 0 saturated heterocycles. The van der Waals surface area contributed by atoms with Crippen molar-refractivity contribution in [3.05, 3.63) is 0 Å². The Kier molecular flexibility index (Phi) is 32.2. The van der Waals surface area contributed by atoms with E-state index < -0.39 is 7.26 Å². The second-order valence-corrected chi connectivity index (χ2v) is 22.5. The predicted octanol–water partition coefficient (Wildman–Crippen LogP) is 7.72. The lowest BCUT2D eigenvalue weighted by Crippen LogP contribution is -2.02. The Labute approximate surface area is 188 Å². The number of rotatable bonds is 7. The van der Waals surface area contributed by atoms with E-state index in [2.05, 4.69) is 92.8 Å². The molecule has 0 aliphatic rings. The highest BCUT2D eigenvalue weighted by Gasteiger charge is 2.14. The summed E-state index contributed by atoms with van der Waals surface area (Å²) in [5.41, 5.74) is 0.550. The van der Waals surface area contributed by atoms with Gasteiger partial charge in [0.05, 0.1) is 25.3 Å².